The van der Waals surface area contributed by atoms with Crippen LogP contribution in [0.2, 0.25) is 0 Å². The molecule has 0 unspecified atom stereocenters. The highest BCUT2D eigenvalue weighted by molar-refractivity contribution is 9.10. The van der Waals surface area contributed by atoms with Gasteiger partial charge in [0.15, 0.2) is 0 Å². The molecule has 0 atom stereocenters. The third-order valence-electron chi connectivity index (χ3n) is 2.70. The van der Waals surface area contributed by atoms with Crippen molar-refractivity contribution in [2.75, 3.05) is 5.32 Å². The second-order valence-corrected chi connectivity index (χ2v) is 5.00. The fourth-order valence-electron chi connectivity index (χ4n) is 1.74. The van der Waals surface area contributed by atoms with Gasteiger partial charge in [-0.05, 0) is 29.8 Å². The van der Waals surface area contributed by atoms with E-state index in [0.29, 0.717) is 12.2 Å². The topological polar surface area (TPSA) is 79.0 Å². The van der Waals surface area contributed by atoms with E-state index in [-0.39, 0.29) is 11.3 Å². The fourth-order valence-corrected chi connectivity index (χ4v) is 2.18. The summed E-state index contributed by atoms with van der Waals surface area (Å²) in [6.07, 6.45) is 0. The molecule has 2 aromatic rings. The van der Waals surface area contributed by atoms with Gasteiger partial charge in [-0.15, -0.1) is 0 Å². The molecular weight excluding hydrogens is 322 g/mol. The van der Waals surface area contributed by atoms with Crippen molar-refractivity contribution in [3.05, 3.63) is 68.2 Å². The van der Waals surface area contributed by atoms with E-state index in [1.54, 1.807) is 6.07 Å². The molecule has 0 amide bonds. The highest BCUT2D eigenvalue weighted by Gasteiger charge is 2.13. The molecule has 0 fully saturated rings. The van der Waals surface area contributed by atoms with Gasteiger partial charge >= 0.3 is 0 Å². The summed E-state index contributed by atoms with van der Waals surface area (Å²) >= 11 is 3.38. The molecule has 0 aliphatic rings. The maximum Gasteiger partial charge on any atom is 0.289 e. The van der Waals surface area contributed by atoms with E-state index in [4.69, 9.17) is 5.26 Å². The Labute approximate surface area is 124 Å². The number of nitrogens with zero attached hydrogens (tertiary/aromatic N) is 2. The highest BCUT2D eigenvalue weighted by Crippen LogP contribution is 2.23. The minimum absolute atomic E-state index is 0.0583. The highest BCUT2D eigenvalue weighted by atomic mass is 79.9. The van der Waals surface area contributed by atoms with Crippen molar-refractivity contribution in [3.63, 3.8) is 0 Å². The third kappa shape index (κ3) is 3.33. The van der Waals surface area contributed by atoms with Crippen molar-refractivity contribution in [3.8, 4) is 6.07 Å². The molecule has 100 valence electrons. The summed E-state index contributed by atoms with van der Waals surface area (Å²) in [4.78, 5) is 10.3. The molecule has 5 nitrogen and oxygen atoms in total. The van der Waals surface area contributed by atoms with Crippen LogP contribution in [-0.2, 0) is 6.54 Å². The Hall–Kier alpha value is -2.39. The zero-order valence-electron chi connectivity index (χ0n) is 10.3. The van der Waals surface area contributed by atoms with E-state index in [2.05, 4.69) is 21.2 Å². The van der Waals surface area contributed by atoms with Gasteiger partial charge in [-0.1, -0.05) is 28.1 Å². The lowest BCUT2D eigenvalue weighted by atomic mass is 10.1. The molecule has 0 aliphatic carbocycles. The Kier molecular flexibility index (Phi) is 4.33. The maximum atomic E-state index is 10.9. The molecule has 20 heavy (non-hydrogen) atoms. The van der Waals surface area contributed by atoms with Crippen molar-refractivity contribution in [1.82, 2.24) is 0 Å². The molecule has 0 saturated carbocycles. The smallest absolute Gasteiger partial charge is 0.289 e. The second-order valence-electron chi connectivity index (χ2n) is 4.08. The molecule has 0 aliphatic heterocycles. The third-order valence-corrected chi connectivity index (χ3v) is 3.19. The first-order chi connectivity index (χ1) is 9.60. The Balaban J connectivity index is 2.16. The van der Waals surface area contributed by atoms with Crippen LogP contribution in [0.5, 0.6) is 0 Å². The summed E-state index contributed by atoms with van der Waals surface area (Å²) < 4.78 is 0.975. The van der Waals surface area contributed by atoms with Crippen LogP contribution < -0.4 is 5.32 Å². The van der Waals surface area contributed by atoms with Gasteiger partial charge in [0.05, 0.1) is 4.92 Å². The van der Waals surface area contributed by atoms with E-state index in [0.717, 1.165) is 10.0 Å². The SMILES string of the molecule is N#Cc1ccc(NCc2cccc(Br)c2)cc1[N+](=O)[O-]. The Morgan fingerprint density at radius 1 is 1.30 bits per heavy atom. The van der Waals surface area contributed by atoms with E-state index < -0.39 is 4.92 Å². The summed E-state index contributed by atoms with van der Waals surface area (Å²) in [6, 6.07) is 14.0. The van der Waals surface area contributed by atoms with E-state index in [1.807, 2.05) is 30.3 Å². The largest absolute Gasteiger partial charge is 0.381 e. The average molecular weight is 332 g/mol. The Bertz CT molecular complexity index is 695. The number of hydrogen-bond acceptors (Lipinski definition) is 4. The maximum absolute atomic E-state index is 10.9. The van der Waals surface area contributed by atoms with Crippen LogP contribution in [0.3, 0.4) is 0 Å². The number of nitro groups is 1. The van der Waals surface area contributed by atoms with Gasteiger partial charge < -0.3 is 5.32 Å². The number of nitro benzene ring substituents is 1. The van der Waals surface area contributed by atoms with Crippen LogP contribution in [0.15, 0.2) is 46.9 Å². The molecule has 0 heterocycles. The van der Waals surface area contributed by atoms with Crippen molar-refractivity contribution in [2.24, 2.45) is 0 Å². The number of hydrogen-bond donors (Lipinski definition) is 1. The summed E-state index contributed by atoms with van der Waals surface area (Å²) in [5.74, 6) is 0. The minimum atomic E-state index is -0.553. The molecule has 0 bridgehead atoms. The molecule has 6 heteroatoms. The van der Waals surface area contributed by atoms with Crippen LogP contribution in [0.25, 0.3) is 0 Å². The van der Waals surface area contributed by atoms with Gasteiger partial charge in [-0.25, -0.2) is 0 Å². The minimum Gasteiger partial charge on any atom is -0.381 e. The molecule has 1 N–H and O–H groups in total. The summed E-state index contributed by atoms with van der Waals surface area (Å²) in [7, 11) is 0. The molecule has 0 aromatic heterocycles. The molecular formula is C14H10BrN3O2. The zero-order chi connectivity index (χ0) is 14.5. The van der Waals surface area contributed by atoms with Crippen molar-refractivity contribution >= 4 is 27.3 Å². The molecule has 0 saturated heterocycles. The van der Waals surface area contributed by atoms with Crippen molar-refractivity contribution in [2.45, 2.75) is 6.54 Å². The predicted octanol–water partition coefficient (Wildman–Crippen LogP) is 3.84. The Morgan fingerprint density at radius 3 is 2.75 bits per heavy atom. The number of halogens is 1. The fraction of sp³-hybridized carbons (Fsp3) is 0.0714. The van der Waals surface area contributed by atoms with Crippen LogP contribution >= 0.6 is 15.9 Å². The van der Waals surface area contributed by atoms with Crippen molar-refractivity contribution < 1.29 is 4.92 Å². The lowest BCUT2D eigenvalue weighted by Gasteiger charge is -2.07. The number of nitrogens with one attached hydrogen (secondary N) is 1. The number of nitriles is 1. The van der Waals surface area contributed by atoms with Gasteiger partial charge in [-0.2, -0.15) is 5.26 Å². The molecule has 2 aromatic carbocycles. The lowest BCUT2D eigenvalue weighted by molar-refractivity contribution is -0.385. The zero-order valence-corrected chi connectivity index (χ0v) is 11.9. The van der Waals surface area contributed by atoms with Crippen LogP contribution in [0, 0.1) is 21.4 Å². The van der Waals surface area contributed by atoms with Gasteiger partial charge in [0.2, 0.25) is 0 Å². The van der Waals surface area contributed by atoms with Gasteiger partial charge in [0, 0.05) is 22.8 Å². The first-order valence-electron chi connectivity index (χ1n) is 5.77. The first-order valence-corrected chi connectivity index (χ1v) is 6.56. The monoisotopic (exact) mass is 331 g/mol. The number of anilines is 1. The summed E-state index contributed by atoms with van der Waals surface area (Å²) in [5, 5.41) is 22.8. The van der Waals surface area contributed by atoms with Gasteiger partial charge in [-0.3, -0.25) is 10.1 Å². The van der Waals surface area contributed by atoms with Gasteiger partial charge in [0.25, 0.3) is 5.69 Å². The number of benzene rings is 2. The van der Waals surface area contributed by atoms with E-state index >= 15 is 0 Å². The van der Waals surface area contributed by atoms with Crippen LogP contribution in [0.1, 0.15) is 11.1 Å². The van der Waals surface area contributed by atoms with Gasteiger partial charge in [0.1, 0.15) is 11.6 Å². The molecule has 2 rings (SSSR count). The van der Waals surface area contributed by atoms with E-state index in [9.17, 15) is 10.1 Å². The summed E-state index contributed by atoms with van der Waals surface area (Å²) in [5.41, 5.74) is 1.52. The van der Waals surface area contributed by atoms with Crippen LogP contribution in [0.4, 0.5) is 11.4 Å². The average Bonchev–Trinajstić information content (AvgIpc) is 2.45. The standard InChI is InChI=1S/C14H10BrN3O2/c15-12-3-1-2-10(6-12)9-17-13-5-4-11(8-16)14(7-13)18(19)20/h1-7,17H,9H2. The lowest BCUT2D eigenvalue weighted by Crippen LogP contribution is -2.01. The van der Waals surface area contributed by atoms with Crippen LogP contribution in [-0.4, -0.2) is 4.92 Å². The Morgan fingerprint density at radius 2 is 2.10 bits per heavy atom. The molecule has 0 spiro atoms. The second kappa shape index (κ2) is 6.17. The summed E-state index contributed by atoms with van der Waals surface area (Å²) in [6.45, 7) is 0.544. The quantitative estimate of drug-likeness (QED) is 0.681. The van der Waals surface area contributed by atoms with E-state index in [1.165, 1.54) is 12.1 Å². The molecule has 0 radical (unpaired) electrons. The normalized spacial score (nSPS) is 9.80. The predicted molar refractivity (Wildman–Crippen MR) is 79.3 cm³/mol. The first kappa shape index (κ1) is 14.0. The van der Waals surface area contributed by atoms with Crippen molar-refractivity contribution in [1.29, 1.82) is 5.26 Å². The number of rotatable bonds is 4.